The highest BCUT2D eigenvalue weighted by atomic mass is 35.5. The zero-order valence-corrected chi connectivity index (χ0v) is 56.1. The van der Waals surface area contributed by atoms with Gasteiger partial charge in [-0.3, -0.25) is 53.4 Å². The van der Waals surface area contributed by atoms with Crippen LogP contribution in [-0.2, 0) is 68.6 Å². The van der Waals surface area contributed by atoms with Gasteiger partial charge in [0.2, 0.25) is 35.4 Å². The highest BCUT2D eigenvalue weighted by Crippen LogP contribution is 2.49. The molecule has 22 nitrogen and oxygen atoms in total. The number of benzene rings is 1. The summed E-state index contributed by atoms with van der Waals surface area (Å²) < 4.78 is 23.8. The van der Waals surface area contributed by atoms with E-state index < -0.39 is 94.5 Å². The number of halogens is 1. The van der Waals surface area contributed by atoms with Gasteiger partial charge in [0.15, 0.2) is 5.78 Å². The van der Waals surface area contributed by atoms with Crippen molar-refractivity contribution in [1.82, 2.24) is 25.8 Å². The number of likely N-dealkylation sites (N-methyl/N-ethyl adjacent to an activating group) is 1. The minimum atomic E-state index is -1.67. The van der Waals surface area contributed by atoms with Crippen LogP contribution in [0.25, 0.3) is 0 Å². The number of esters is 1. The van der Waals surface area contributed by atoms with Gasteiger partial charge in [0.1, 0.15) is 51.9 Å². The number of allylic oxidation sites excluding steroid dienone is 3. The fraction of sp³-hybridized carbons (Fsp3) is 0.672. The van der Waals surface area contributed by atoms with Gasteiger partial charge in [0.25, 0.3) is 0 Å². The van der Waals surface area contributed by atoms with Gasteiger partial charge in [-0.25, -0.2) is 9.59 Å². The number of carbonyl (C=O) groups excluding carboxylic acids is 11. The number of nitrogens with zero attached hydrogens (tertiary/aromatic N) is 3. The molecule has 494 valence electrons. The maximum absolute atomic E-state index is 14.4. The number of ketones is 3. The topological polar surface area (TPSA) is 294 Å². The zero-order valence-electron chi connectivity index (χ0n) is 53.7. The summed E-state index contributed by atoms with van der Waals surface area (Å²) in [7, 11) is 4.55. The van der Waals surface area contributed by atoms with Crippen molar-refractivity contribution in [2.45, 2.75) is 206 Å². The molecule has 4 aliphatic heterocycles. The third-order valence-corrected chi connectivity index (χ3v) is 19.9. The first-order chi connectivity index (χ1) is 41.9. The number of anilines is 1. The van der Waals surface area contributed by atoms with Crippen LogP contribution in [0.15, 0.2) is 35.9 Å². The number of hydrogen-bond donors (Lipinski definition) is 4. The maximum atomic E-state index is 14.4. The number of hydrogen-bond acceptors (Lipinski definition) is 18. The molecule has 1 aromatic rings. The van der Waals surface area contributed by atoms with Gasteiger partial charge in [-0.2, -0.15) is 0 Å². The first-order valence-electron chi connectivity index (χ1n) is 30.9. The monoisotopic (exact) mass is 1300 g/mol. The molecule has 1 unspecified atom stereocenters. The molecular formula is C64H93ClN6O16S2. The normalized spacial score (nSPS) is 26.0. The summed E-state index contributed by atoms with van der Waals surface area (Å²) in [6.07, 6.45) is 5.99. The molecule has 0 aliphatic carbocycles. The van der Waals surface area contributed by atoms with Crippen LogP contribution < -0.4 is 25.6 Å². The number of unbranched alkanes of at least 4 members (excludes halogenated alkanes) is 2. The number of epoxide rings is 1. The molecule has 1 aromatic carbocycles. The summed E-state index contributed by atoms with van der Waals surface area (Å²) in [6, 6.07) is 1.63. The molecule has 7 amide bonds. The lowest BCUT2D eigenvalue weighted by Gasteiger charge is -2.41. The lowest BCUT2D eigenvalue weighted by molar-refractivity contribution is -0.162. The second-order valence-corrected chi connectivity index (χ2v) is 27.2. The third-order valence-electron chi connectivity index (χ3n) is 17.3. The van der Waals surface area contributed by atoms with Crippen molar-refractivity contribution >= 4 is 106 Å². The smallest absolute Gasteiger partial charge is 0.409 e. The number of aliphatic hydroxyl groups is 1. The van der Waals surface area contributed by atoms with Crippen molar-refractivity contribution in [2.24, 2.45) is 23.7 Å². The lowest BCUT2D eigenvalue weighted by atomic mass is 9.82. The number of ether oxygens (including phenoxy) is 4. The molecule has 89 heavy (non-hydrogen) atoms. The first kappa shape index (κ1) is 73.9. The number of likely N-dealkylation sites (tertiary alicyclic amines) is 1. The Balaban J connectivity index is 1.02. The standard InChI is InChI=1S/C64H93ClN6O16S2/c1-13-45(72)22-18-25-71-55(77)33-51(60(71)80)89-27-19-23-46(73)29-38(3)59(79)67-42(7)48(74)30-39(4)58(78)66-36-88-26-16-14-15-24-53(75)69(10)43(8)61(81)86-52-34-54(76)70(11)47-31-44(32-49(84-12)56(47)65)28-37(2)20-17-21-40(5)64(83)35-50(85-62(82)68-64)41(6)57-63(52,9)87-57/h17,20-21,31-32,38-43,50-52,57,83H,13-16,18-19,22-30,33-36H2,1-12H3,(H,66,78)(H,67,79)(H,68,82)/b21-17+,37-20+/t38-,39-,40-,41-,42-,43+,50+,51?,52+,57+,63+,64+/m1/s1. The van der Waals surface area contributed by atoms with Gasteiger partial charge in [0.05, 0.1) is 42.5 Å². The summed E-state index contributed by atoms with van der Waals surface area (Å²) in [6.45, 7) is 15.5. The van der Waals surface area contributed by atoms with Gasteiger partial charge in [0, 0.05) is 95.7 Å². The molecule has 3 fully saturated rings. The Labute approximate surface area is 537 Å². The summed E-state index contributed by atoms with van der Waals surface area (Å²) in [5, 5.41) is 19.6. The quantitative estimate of drug-likeness (QED) is 0.0189. The van der Waals surface area contributed by atoms with Gasteiger partial charge >= 0.3 is 12.1 Å². The van der Waals surface area contributed by atoms with Crippen LogP contribution >= 0.6 is 35.1 Å². The average molecular weight is 1300 g/mol. The highest BCUT2D eigenvalue weighted by molar-refractivity contribution is 8.00. The van der Waals surface area contributed by atoms with E-state index in [9.17, 15) is 57.8 Å². The fourth-order valence-corrected chi connectivity index (χ4v) is 13.2. The maximum Gasteiger partial charge on any atom is 0.409 e. The zero-order chi connectivity index (χ0) is 66.1. The molecule has 4 aliphatic rings. The van der Waals surface area contributed by atoms with E-state index in [1.54, 1.807) is 66.8 Å². The molecule has 4 bridgehead atoms. The van der Waals surface area contributed by atoms with E-state index in [4.69, 9.17) is 30.5 Å². The number of fused-ring (bicyclic) bond motifs is 5. The van der Waals surface area contributed by atoms with Crippen LogP contribution in [0, 0.1) is 23.7 Å². The number of methoxy groups -OCH3 is 1. The molecule has 3 saturated heterocycles. The molecule has 0 saturated carbocycles. The number of carbonyl (C=O) groups is 11. The minimum absolute atomic E-state index is 0.0170. The van der Waals surface area contributed by atoms with Crippen LogP contribution in [-0.4, -0.2) is 172 Å². The van der Waals surface area contributed by atoms with E-state index in [0.717, 1.165) is 17.6 Å². The third kappa shape index (κ3) is 20.9. The first-order valence-corrected chi connectivity index (χ1v) is 33.5. The van der Waals surface area contributed by atoms with Crippen molar-refractivity contribution in [1.29, 1.82) is 0 Å². The Morgan fingerprint density at radius 1 is 0.910 bits per heavy atom. The van der Waals surface area contributed by atoms with Gasteiger partial charge in [-0.15, -0.1) is 23.5 Å². The summed E-state index contributed by atoms with van der Waals surface area (Å²) >= 11 is 9.64. The number of imide groups is 1. The fourth-order valence-electron chi connectivity index (χ4n) is 11.0. The molecule has 12 atom stereocenters. The predicted molar refractivity (Wildman–Crippen MR) is 340 cm³/mol. The van der Waals surface area contributed by atoms with E-state index in [0.29, 0.717) is 73.8 Å². The van der Waals surface area contributed by atoms with Crippen molar-refractivity contribution in [3.8, 4) is 5.75 Å². The van der Waals surface area contributed by atoms with Crippen molar-refractivity contribution in [2.75, 3.05) is 50.0 Å². The van der Waals surface area contributed by atoms with E-state index >= 15 is 0 Å². The molecule has 4 N–H and O–H groups in total. The Morgan fingerprint density at radius 2 is 1.61 bits per heavy atom. The van der Waals surface area contributed by atoms with E-state index in [-0.39, 0.29) is 97.5 Å². The van der Waals surface area contributed by atoms with Crippen molar-refractivity contribution in [3.05, 3.63) is 46.5 Å². The van der Waals surface area contributed by atoms with E-state index in [2.05, 4.69) is 16.0 Å². The largest absolute Gasteiger partial charge is 0.495 e. The molecular weight excluding hydrogens is 1210 g/mol. The van der Waals surface area contributed by atoms with Crippen LogP contribution in [0.4, 0.5) is 10.5 Å². The van der Waals surface area contributed by atoms with E-state index in [1.807, 2.05) is 19.1 Å². The average Bonchev–Trinajstić information content (AvgIpc) is 1.62. The summed E-state index contributed by atoms with van der Waals surface area (Å²) in [5.41, 5.74) is -0.814. The Kier molecular flexibility index (Phi) is 28.2. The SMILES string of the molecule is CCC(=O)CCCN1C(=O)CC(SCCCC(=O)C[C@@H](C)C(=O)N[C@H](C)C(=O)C[C@@H](C)C(=O)NCSCCCCCC(=O)N(C)[C@@H](C)C(=O)O[C@H]2CC(=O)N(C)c3cc(cc(OC)c3Cl)C/C(C)=C/C=C/[C@@H](C)[C@@]3(O)C[C@H](OC(=O)N3)[C@@H](C)[C@@H]3O[C@@]23C)C1=O. The second kappa shape index (κ2) is 34.0. The molecule has 25 heteroatoms. The van der Waals surface area contributed by atoms with Gasteiger partial charge < -0.3 is 44.5 Å². The molecule has 0 aromatic heterocycles. The Hall–Kier alpha value is -5.82. The summed E-state index contributed by atoms with van der Waals surface area (Å²) in [5.74, 6) is -3.88. The minimum Gasteiger partial charge on any atom is -0.495 e. The van der Waals surface area contributed by atoms with Crippen molar-refractivity contribution < 1.29 is 76.8 Å². The summed E-state index contributed by atoms with van der Waals surface area (Å²) in [4.78, 5) is 147. The predicted octanol–water partition coefficient (Wildman–Crippen LogP) is 7.60. The molecule has 4 heterocycles. The van der Waals surface area contributed by atoms with Crippen LogP contribution in [0.2, 0.25) is 5.02 Å². The number of amides is 7. The Bertz CT molecular complexity index is 2840. The van der Waals surface area contributed by atoms with Crippen LogP contribution in [0.1, 0.15) is 158 Å². The second-order valence-electron chi connectivity index (χ2n) is 24.4. The highest BCUT2D eigenvalue weighted by Gasteiger charge is 2.64. The molecule has 0 spiro atoms. The number of nitrogens with one attached hydrogen (secondary N) is 3. The number of thioether (sulfide) groups is 2. The van der Waals surface area contributed by atoms with Gasteiger partial charge in [-0.1, -0.05) is 76.4 Å². The number of alkyl carbamates (subject to hydrolysis) is 1. The lowest BCUT2D eigenvalue weighted by Crippen LogP contribution is -2.60. The van der Waals surface area contributed by atoms with Crippen LogP contribution in [0.5, 0.6) is 5.75 Å². The molecule has 5 rings (SSSR count). The van der Waals surface area contributed by atoms with Gasteiger partial charge in [-0.05, 0) is 89.0 Å². The number of rotatable bonds is 30. The van der Waals surface area contributed by atoms with E-state index in [1.165, 1.54) is 66.2 Å². The Morgan fingerprint density at radius 3 is 2.30 bits per heavy atom. The number of Topliss-reactive ketones (excluding diaryl/α,β-unsaturated/α-hetero) is 3. The van der Waals surface area contributed by atoms with Crippen LogP contribution in [0.3, 0.4) is 0 Å². The van der Waals surface area contributed by atoms with Crippen molar-refractivity contribution in [3.63, 3.8) is 0 Å². The molecule has 0 radical (unpaired) electrons.